The molecule has 0 saturated heterocycles. The molecule has 0 bridgehead atoms. The van der Waals surface area contributed by atoms with Crippen molar-refractivity contribution in [2.24, 2.45) is 0 Å². The summed E-state index contributed by atoms with van der Waals surface area (Å²) in [6, 6.07) is 9.37. The first kappa shape index (κ1) is 20.0. The third-order valence-electron chi connectivity index (χ3n) is 3.78. The number of anilines is 2. The fraction of sp³-hybridized carbons (Fsp3) is 0.250. The molecule has 0 amide bonds. The fourth-order valence-electron chi connectivity index (χ4n) is 2.23. The Morgan fingerprint density at radius 1 is 1.30 bits per heavy atom. The van der Waals surface area contributed by atoms with Gasteiger partial charge in [0, 0.05) is 18.3 Å². The summed E-state index contributed by atoms with van der Waals surface area (Å²) in [5, 5.41) is 0. The number of aryl methyl sites for hydroxylation is 1. The van der Waals surface area contributed by atoms with E-state index in [1.54, 1.807) is 11.8 Å². The first-order valence-corrected chi connectivity index (χ1v) is 8.21. The maximum atomic E-state index is 12.4. The summed E-state index contributed by atoms with van der Waals surface area (Å²) in [6.45, 7) is 3.05. The number of esters is 1. The Kier molecular flexibility index (Phi) is 7.00. The Bertz CT molecular complexity index is 873. The zero-order valence-corrected chi connectivity index (χ0v) is 15.1. The van der Waals surface area contributed by atoms with Crippen molar-refractivity contribution in [2.45, 2.75) is 20.3 Å². The van der Waals surface area contributed by atoms with Crippen LogP contribution in [0.15, 0.2) is 48.2 Å². The van der Waals surface area contributed by atoms with Crippen LogP contribution in [0.25, 0.3) is 0 Å². The number of aromatic nitrogens is 2. The zero-order valence-electron chi connectivity index (χ0n) is 15.1. The van der Waals surface area contributed by atoms with Crippen LogP contribution in [0.3, 0.4) is 0 Å². The van der Waals surface area contributed by atoms with Gasteiger partial charge in [-0.3, -0.25) is 4.90 Å². The standard InChI is InChI=1S/C20H19F2N3O2/c1-4-11-25(16-8-6-5-7-9-16)20-23-13-17(15(3)24-20)19(26)27-12-10-14(2)18(21)22/h1,5-9,13H,10-12H2,2-3H3. The maximum absolute atomic E-state index is 12.4. The van der Waals surface area contributed by atoms with Gasteiger partial charge >= 0.3 is 5.97 Å². The van der Waals surface area contributed by atoms with Crippen molar-refractivity contribution >= 4 is 17.6 Å². The van der Waals surface area contributed by atoms with Crippen LogP contribution in [-0.2, 0) is 4.74 Å². The lowest BCUT2D eigenvalue weighted by Gasteiger charge is -2.20. The van der Waals surface area contributed by atoms with Crippen LogP contribution in [0, 0.1) is 19.3 Å². The van der Waals surface area contributed by atoms with Gasteiger partial charge in [0.25, 0.3) is 6.08 Å². The molecule has 0 aliphatic carbocycles. The number of carbonyl (C=O) groups excluding carboxylic acids is 1. The van der Waals surface area contributed by atoms with E-state index >= 15 is 0 Å². The second kappa shape index (κ2) is 9.43. The number of ether oxygens (including phenoxy) is 1. The lowest BCUT2D eigenvalue weighted by Crippen LogP contribution is -2.21. The molecule has 2 aromatic rings. The number of rotatable bonds is 7. The van der Waals surface area contributed by atoms with Crippen LogP contribution < -0.4 is 4.90 Å². The summed E-state index contributed by atoms with van der Waals surface area (Å²) in [5.74, 6) is 2.25. The summed E-state index contributed by atoms with van der Waals surface area (Å²) >= 11 is 0. The van der Waals surface area contributed by atoms with E-state index < -0.39 is 12.0 Å². The number of nitrogens with zero attached hydrogens (tertiary/aromatic N) is 3. The van der Waals surface area contributed by atoms with Gasteiger partial charge in [0.1, 0.15) is 0 Å². The van der Waals surface area contributed by atoms with Crippen molar-refractivity contribution in [1.29, 1.82) is 0 Å². The highest BCUT2D eigenvalue weighted by atomic mass is 19.3. The van der Waals surface area contributed by atoms with Gasteiger partial charge in [-0.25, -0.2) is 14.8 Å². The Hall–Kier alpha value is -3.27. The largest absolute Gasteiger partial charge is 0.462 e. The van der Waals surface area contributed by atoms with Gasteiger partial charge in [-0.05, 0) is 31.6 Å². The predicted octanol–water partition coefficient (Wildman–Crippen LogP) is 4.27. The van der Waals surface area contributed by atoms with E-state index in [1.807, 2.05) is 30.3 Å². The van der Waals surface area contributed by atoms with Gasteiger partial charge in [-0.15, -0.1) is 6.42 Å². The minimum absolute atomic E-state index is 0.0317. The second-order valence-electron chi connectivity index (χ2n) is 5.72. The molecule has 1 heterocycles. The molecule has 140 valence electrons. The van der Waals surface area contributed by atoms with Crippen molar-refractivity contribution in [1.82, 2.24) is 9.97 Å². The molecule has 0 radical (unpaired) electrons. The SMILES string of the molecule is C#CCN(c1ccccc1)c1ncc(C(=O)OCCC(C)=C(F)F)c(C)n1. The minimum atomic E-state index is -1.76. The molecule has 1 aromatic heterocycles. The molecular weight excluding hydrogens is 352 g/mol. The van der Waals surface area contributed by atoms with Gasteiger partial charge in [-0.1, -0.05) is 24.1 Å². The van der Waals surface area contributed by atoms with E-state index in [0.717, 1.165) is 5.69 Å². The zero-order chi connectivity index (χ0) is 19.8. The van der Waals surface area contributed by atoms with Crippen molar-refractivity contribution in [2.75, 3.05) is 18.1 Å². The van der Waals surface area contributed by atoms with E-state index in [0.29, 0.717) is 11.6 Å². The normalized spacial score (nSPS) is 10.0. The molecule has 0 atom stereocenters. The lowest BCUT2D eigenvalue weighted by atomic mass is 10.2. The van der Waals surface area contributed by atoms with Gasteiger partial charge in [0.2, 0.25) is 5.95 Å². The maximum Gasteiger partial charge on any atom is 0.341 e. The van der Waals surface area contributed by atoms with Crippen molar-refractivity contribution < 1.29 is 18.3 Å². The quantitative estimate of drug-likeness (QED) is 0.537. The van der Waals surface area contributed by atoms with Crippen LogP contribution in [-0.4, -0.2) is 29.1 Å². The van der Waals surface area contributed by atoms with E-state index in [2.05, 4.69) is 15.9 Å². The first-order chi connectivity index (χ1) is 12.9. The Balaban J connectivity index is 2.15. The average Bonchev–Trinajstić information content (AvgIpc) is 2.66. The molecule has 0 aliphatic rings. The molecule has 7 heteroatoms. The number of terminal acetylenes is 1. The highest BCUT2D eigenvalue weighted by molar-refractivity contribution is 5.90. The molecule has 5 nitrogen and oxygen atoms in total. The van der Waals surface area contributed by atoms with Gasteiger partial charge in [0.15, 0.2) is 0 Å². The van der Waals surface area contributed by atoms with Crippen LogP contribution in [0.1, 0.15) is 29.4 Å². The molecule has 0 fully saturated rings. The highest BCUT2D eigenvalue weighted by Crippen LogP contribution is 2.22. The highest BCUT2D eigenvalue weighted by Gasteiger charge is 2.17. The van der Waals surface area contributed by atoms with Gasteiger partial charge in [0.05, 0.1) is 24.4 Å². The number of hydrogen-bond acceptors (Lipinski definition) is 5. The van der Waals surface area contributed by atoms with Crippen LogP contribution in [0.2, 0.25) is 0 Å². The fourth-order valence-corrected chi connectivity index (χ4v) is 2.23. The van der Waals surface area contributed by atoms with Gasteiger partial charge < -0.3 is 4.74 Å². The lowest BCUT2D eigenvalue weighted by molar-refractivity contribution is 0.0506. The Morgan fingerprint density at radius 3 is 2.59 bits per heavy atom. The summed E-state index contributed by atoms with van der Waals surface area (Å²) in [5.41, 5.74) is 1.29. The third-order valence-corrected chi connectivity index (χ3v) is 3.78. The topological polar surface area (TPSA) is 55.3 Å². The smallest absolute Gasteiger partial charge is 0.341 e. The third kappa shape index (κ3) is 5.35. The van der Waals surface area contributed by atoms with E-state index in [-0.39, 0.29) is 30.7 Å². The molecule has 1 aromatic carbocycles. The van der Waals surface area contributed by atoms with Crippen LogP contribution in [0.4, 0.5) is 20.4 Å². The molecule has 0 aliphatic heterocycles. The molecule has 0 N–H and O–H groups in total. The molecule has 2 rings (SSSR count). The number of benzene rings is 1. The van der Waals surface area contributed by atoms with Crippen molar-refractivity contribution in [3.8, 4) is 12.3 Å². The minimum Gasteiger partial charge on any atom is -0.462 e. The summed E-state index contributed by atoms with van der Waals surface area (Å²) in [4.78, 5) is 22.4. The summed E-state index contributed by atoms with van der Waals surface area (Å²) in [6.07, 6.45) is 5.00. The number of carbonyl (C=O) groups is 1. The number of hydrogen-bond donors (Lipinski definition) is 0. The molecular formula is C20H19F2N3O2. The van der Waals surface area contributed by atoms with E-state index in [9.17, 15) is 13.6 Å². The van der Waals surface area contributed by atoms with Crippen molar-refractivity contribution in [3.63, 3.8) is 0 Å². The summed E-state index contributed by atoms with van der Waals surface area (Å²) in [7, 11) is 0. The second-order valence-corrected chi connectivity index (χ2v) is 5.72. The number of para-hydroxylation sites is 1. The van der Waals surface area contributed by atoms with Gasteiger partial charge in [-0.2, -0.15) is 8.78 Å². The molecule has 0 unspecified atom stereocenters. The van der Waals surface area contributed by atoms with E-state index in [4.69, 9.17) is 11.2 Å². The Labute approximate surface area is 156 Å². The molecule has 0 spiro atoms. The molecule has 0 saturated carbocycles. The number of halogens is 2. The van der Waals surface area contributed by atoms with Crippen LogP contribution in [0.5, 0.6) is 0 Å². The monoisotopic (exact) mass is 371 g/mol. The average molecular weight is 371 g/mol. The van der Waals surface area contributed by atoms with E-state index in [1.165, 1.54) is 13.1 Å². The molecule has 27 heavy (non-hydrogen) atoms. The Morgan fingerprint density at radius 2 is 2.00 bits per heavy atom. The first-order valence-electron chi connectivity index (χ1n) is 8.21. The predicted molar refractivity (Wildman–Crippen MR) is 98.9 cm³/mol. The van der Waals surface area contributed by atoms with Crippen molar-refractivity contribution in [3.05, 3.63) is 59.4 Å². The van der Waals surface area contributed by atoms with Crippen LogP contribution >= 0.6 is 0 Å². The summed E-state index contributed by atoms with van der Waals surface area (Å²) < 4.78 is 29.8.